The van der Waals surface area contributed by atoms with Gasteiger partial charge in [0.15, 0.2) is 0 Å². The van der Waals surface area contributed by atoms with Gasteiger partial charge in [-0.1, -0.05) is 0 Å². The summed E-state index contributed by atoms with van der Waals surface area (Å²) in [4.78, 5) is 3.75. The first-order valence-corrected chi connectivity index (χ1v) is 2.26. The summed E-state index contributed by atoms with van der Waals surface area (Å²) in [5.74, 6) is 1.99. The Balaban J connectivity index is 2.67. The van der Waals surface area contributed by atoms with E-state index in [1.165, 1.54) is 0 Å². The van der Waals surface area contributed by atoms with Gasteiger partial charge in [0.05, 0.1) is 6.33 Å². The van der Waals surface area contributed by atoms with Gasteiger partial charge in [-0.05, 0) is 0 Å². The average molecular weight is 105 g/mol. The number of rotatable bonds is 1. The highest BCUT2D eigenvalue weighted by atomic mass is 14.9. The molecule has 0 unspecified atom stereocenters. The predicted octanol–water partition coefficient (Wildman–Crippen LogP) is -0.436. The molecule has 0 aliphatic rings. The lowest BCUT2D eigenvalue weighted by Crippen LogP contribution is -1.98. The molecule has 0 aromatic carbocycles. The third-order valence-electron chi connectivity index (χ3n) is 0.812. The topological polar surface area (TPSA) is 41.6 Å². The van der Waals surface area contributed by atoms with Crippen LogP contribution in [0.5, 0.6) is 0 Å². The van der Waals surface area contributed by atoms with Gasteiger partial charge in [0.2, 0.25) is 0 Å². The fourth-order valence-electron chi connectivity index (χ4n) is 0.462. The van der Waals surface area contributed by atoms with Crippen LogP contribution in [0.2, 0.25) is 0 Å². The number of imidazole rings is 1. The van der Waals surface area contributed by atoms with Crippen molar-refractivity contribution in [3.8, 4) is 5.97 Å². The van der Waals surface area contributed by atoms with Crippen LogP contribution in [-0.4, -0.2) is 16.9 Å². The molecule has 0 fully saturated rings. The van der Waals surface area contributed by atoms with Gasteiger partial charge in [0.1, 0.15) is 0 Å². The summed E-state index contributed by atoms with van der Waals surface area (Å²) in [6.07, 6.45) is 5.02. The Bertz CT molecular complexity index is 186. The third kappa shape index (κ3) is 0.879. The van der Waals surface area contributed by atoms with Crippen LogP contribution in [0.1, 0.15) is 0 Å². The van der Waals surface area contributed by atoms with Crippen LogP contribution in [0.4, 0.5) is 0 Å². The van der Waals surface area contributed by atoms with E-state index in [1.807, 2.05) is 5.97 Å². The number of aromatic nitrogens is 2. The summed E-state index contributed by atoms with van der Waals surface area (Å²) in [7, 11) is 0.389. The number of hydrogen-bond acceptors (Lipinski definition) is 2. The van der Waals surface area contributed by atoms with Gasteiger partial charge >= 0.3 is 7.41 Å². The second kappa shape index (κ2) is 2.17. The number of hydrogen-bond donors (Lipinski definition) is 0. The molecule has 0 radical (unpaired) electrons. The summed E-state index contributed by atoms with van der Waals surface area (Å²) in [6, 6.07) is 0. The molecule has 0 amide bonds. The van der Waals surface area contributed by atoms with Crippen LogP contribution in [0.15, 0.2) is 18.7 Å². The summed E-state index contributed by atoms with van der Waals surface area (Å²) >= 11 is 0. The Morgan fingerprint density at radius 2 is 2.62 bits per heavy atom. The summed E-state index contributed by atoms with van der Waals surface area (Å²) in [6.45, 7) is 0. The van der Waals surface area contributed by atoms with Crippen LogP contribution in [0.25, 0.3) is 0 Å². The minimum Gasteiger partial charge on any atom is -0.371 e. The minimum absolute atomic E-state index is 0.389. The van der Waals surface area contributed by atoms with Crippen molar-refractivity contribution in [3.05, 3.63) is 18.7 Å². The maximum absolute atomic E-state index is 8.14. The highest BCUT2D eigenvalue weighted by molar-refractivity contribution is 6.43. The van der Waals surface area contributed by atoms with E-state index in [1.54, 1.807) is 23.2 Å². The molecule has 8 heavy (non-hydrogen) atoms. The smallest absolute Gasteiger partial charge is 0.365 e. The molecule has 0 aliphatic heterocycles. The van der Waals surface area contributed by atoms with Gasteiger partial charge in [-0.2, -0.15) is 0 Å². The van der Waals surface area contributed by atoms with Crippen molar-refractivity contribution >= 4 is 7.41 Å². The van der Waals surface area contributed by atoms with Crippen LogP contribution in [-0.2, 0) is 0 Å². The molecule has 0 saturated carbocycles. The molecule has 38 valence electrons. The Morgan fingerprint density at radius 1 is 1.75 bits per heavy atom. The zero-order valence-electron chi connectivity index (χ0n) is 4.28. The maximum atomic E-state index is 8.14. The molecule has 0 bridgehead atoms. The first-order chi connectivity index (χ1) is 3.93. The quantitative estimate of drug-likeness (QED) is 0.454. The SMILES string of the molecule is N#CBn1ccnc1. The van der Waals surface area contributed by atoms with Gasteiger partial charge in [0, 0.05) is 18.4 Å². The molecule has 4 heteroatoms. The minimum atomic E-state index is 0.389. The van der Waals surface area contributed by atoms with Crippen molar-refractivity contribution in [2.45, 2.75) is 0 Å². The molecular formula is C4H4BN3. The second-order valence-electron chi connectivity index (χ2n) is 1.39. The highest BCUT2D eigenvalue weighted by Gasteiger charge is 1.86. The summed E-state index contributed by atoms with van der Waals surface area (Å²) in [5, 5.41) is 8.14. The Kier molecular flexibility index (Phi) is 1.33. The van der Waals surface area contributed by atoms with E-state index in [-0.39, 0.29) is 0 Å². The first-order valence-electron chi connectivity index (χ1n) is 2.26. The van der Waals surface area contributed by atoms with Crippen molar-refractivity contribution in [2.75, 3.05) is 0 Å². The maximum Gasteiger partial charge on any atom is 0.365 e. The molecule has 3 nitrogen and oxygen atoms in total. The monoisotopic (exact) mass is 105 g/mol. The van der Waals surface area contributed by atoms with Crippen molar-refractivity contribution in [3.63, 3.8) is 0 Å². The van der Waals surface area contributed by atoms with E-state index in [0.717, 1.165) is 0 Å². The third-order valence-corrected chi connectivity index (χ3v) is 0.812. The highest BCUT2D eigenvalue weighted by Crippen LogP contribution is 1.77. The molecular weight excluding hydrogens is 101 g/mol. The zero-order chi connectivity index (χ0) is 5.82. The van der Waals surface area contributed by atoms with Crippen molar-refractivity contribution in [1.29, 1.82) is 5.26 Å². The lowest BCUT2D eigenvalue weighted by molar-refractivity contribution is 1.20. The Labute approximate surface area is 47.8 Å². The fraction of sp³-hybridized carbons (Fsp3) is 0. The molecule has 1 rings (SSSR count). The predicted molar refractivity (Wildman–Crippen MR) is 30.4 cm³/mol. The normalized spacial score (nSPS) is 7.88. The van der Waals surface area contributed by atoms with E-state index in [4.69, 9.17) is 5.26 Å². The number of nitrogens with zero attached hydrogens (tertiary/aromatic N) is 3. The molecule has 0 aliphatic carbocycles. The van der Waals surface area contributed by atoms with E-state index < -0.39 is 0 Å². The van der Waals surface area contributed by atoms with Gasteiger partial charge in [-0.3, -0.25) is 0 Å². The molecule has 0 N–H and O–H groups in total. The van der Waals surface area contributed by atoms with Crippen LogP contribution >= 0.6 is 0 Å². The molecule has 0 saturated heterocycles. The molecule has 0 spiro atoms. The lowest BCUT2D eigenvalue weighted by atomic mass is 9.99. The van der Waals surface area contributed by atoms with Gasteiger partial charge in [-0.15, -0.1) is 0 Å². The average Bonchev–Trinajstić information content (AvgIpc) is 2.19. The Hall–Kier alpha value is -1.24. The Morgan fingerprint density at radius 3 is 3.12 bits per heavy atom. The summed E-state index contributed by atoms with van der Waals surface area (Å²) < 4.78 is 1.71. The van der Waals surface area contributed by atoms with Crippen LogP contribution in [0, 0.1) is 11.2 Å². The van der Waals surface area contributed by atoms with Gasteiger partial charge in [0.25, 0.3) is 0 Å². The fourth-order valence-corrected chi connectivity index (χ4v) is 0.462. The van der Waals surface area contributed by atoms with Crippen LogP contribution < -0.4 is 0 Å². The molecule has 1 aromatic rings. The first kappa shape index (κ1) is 4.91. The lowest BCUT2D eigenvalue weighted by Gasteiger charge is -1.83. The summed E-state index contributed by atoms with van der Waals surface area (Å²) in [5.41, 5.74) is 0. The zero-order valence-corrected chi connectivity index (χ0v) is 4.28. The largest absolute Gasteiger partial charge is 0.371 e. The van der Waals surface area contributed by atoms with E-state index >= 15 is 0 Å². The van der Waals surface area contributed by atoms with E-state index in [2.05, 4.69) is 4.98 Å². The van der Waals surface area contributed by atoms with Crippen molar-refractivity contribution < 1.29 is 0 Å². The van der Waals surface area contributed by atoms with Gasteiger partial charge in [-0.25, -0.2) is 10.2 Å². The van der Waals surface area contributed by atoms with Crippen LogP contribution in [0.3, 0.4) is 0 Å². The van der Waals surface area contributed by atoms with Gasteiger partial charge < -0.3 is 4.48 Å². The second-order valence-corrected chi connectivity index (χ2v) is 1.39. The van der Waals surface area contributed by atoms with E-state index in [0.29, 0.717) is 7.41 Å². The van der Waals surface area contributed by atoms with E-state index in [9.17, 15) is 0 Å². The molecule has 1 aromatic heterocycles. The number of nitriles is 1. The molecule has 1 heterocycles. The van der Waals surface area contributed by atoms with Crippen molar-refractivity contribution in [2.24, 2.45) is 0 Å². The standard InChI is InChI=1S/C4H4BN3/c6-3-5-8-2-1-7-4-8/h1-2,4-5H. The molecule has 0 atom stereocenters. The van der Waals surface area contributed by atoms with Crippen molar-refractivity contribution in [1.82, 2.24) is 9.46 Å².